The van der Waals surface area contributed by atoms with Gasteiger partial charge in [-0.05, 0) is 35.9 Å². The Hall–Kier alpha value is -3.06. The van der Waals surface area contributed by atoms with E-state index in [0.717, 1.165) is 6.26 Å². The zero-order valence-electron chi connectivity index (χ0n) is 16.8. The fraction of sp³-hybridized carbons (Fsp3) is 0.238. The van der Waals surface area contributed by atoms with E-state index < -0.39 is 34.5 Å². The minimum atomic E-state index is -3.96. The Balaban J connectivity index is 2.13. The largest absolute Gasteiger partial charge is 0.493 e. The molecular weight excluding hydrogens is 446 g/mol. The average Bonchev–Trinajstić information content (AvgIpc) is 2.74. The van der Waals surface area contributed by atoms with Crippen molar-refractivity contribution in [3.63, 3.8) is 0 Å². The van der Waals surface area contributed by atoms with Gasteiger partial charge in [-0.2, -0.15) is 8.42 Å². The van der Waals surface area contributed by atoms with Gasteiger partial charge in [0.1, 0.15) is 6.61 Å². The average molecular weight is 466 g/mol. The summed E-state index contributed by atoms with van der Waals surface area (Å²) in [5.41, 5.74) is 0.508. The summed E-state index contributed by atoms with van der Waals surface area (Å²) in [6, 6.07) is 10.4. The molecule has 0 saturated heterocycles. The van der Waals surface area contributed by atoms with Gasteiger partial charge in [-0.1, -0.05) is 29.7 Å². The first kappa shape index (κ1) is 24.2. The van der Waals surface area contributed by atoms with Crippen LogP contribution in [-0.4, -0.2) is 46.6 Å². The van der Waals surface area contributed by atoms with Gasteiger partial charge in [-0.3, -0.25) is 13.8 Å². The summed E-state index contributed by atoms with van der Waals surface area (Å²) in [6.45, 7) is -0.365. The van der Waals surface area contributed by atoms with Crippen molar-refractivity contribution in [1.29, 1.82) is 0 Å². The van der Waals surface area contributed by atoms with Gasteiger partial charge >= 0.3 is 0 Å². The minimum Gasteiger partial charge on any atom is -0.493 e. The molecule has 2 aromatic carbocycles. The first-order chi connectivity index (χ1) is 14.6. The number of Topliss-reactive ketones (excluding diaryl/α,β-unsaturated/α-hetero) is 1. The number of methoxy groups -OCH3 is 1. The third kappa shape index (κ3) is 7.29. The Morgan fingerprint density at radius 3 is 2.42 bits per heavy atom. The monoisotopic (exact) mass is 465 g/mol. The van der Waals surface area contributed by atoms with E-state index in [0.29, 0.717) is 16.5 Å². The summed E-state index contributed by atoms with van der Waals surface area (Å²) >= 11 is 5.83. The molecule has 164 valence electrons. The van der Waals surface area contributed by atoms with E-state index in [1.165, 1.54) is 49.6 Å². The molecule has 1 amide bonds. The Bertz CT molecular complexity index is 1090. The van der Waals surface area contributed by atoms with Gasteiger partial charge in [0.15, 0.2) is 23.4 Å². The van der Waals surface area contributed by atoms with Crippen molar-refractivity contribution < 1.29 is 31.7 Å². The predicted molar refractivity (Wildman–Crippen MR) is 115 cm³/mol. The summed E-state index contributed by atoms with van der Waals surface area (Å²) in [7, 11) is -2.55. The highest BCUT2D eigenvalue weighted by Gasteiger charge is 2.26. The predicted octanol–water partition coefficient (Wildman–Crippen LogP) is 2.38. The van der Waals surface area contributed by atoms with Crippen LogP contribution in [-0.2, 0) is 19.1 Å². The molecule has 1 atom stereocenters. The van der Waals surface area contributed by atoms with E-state index in [1.54, 1.807) is 0 Å². The summed E-state index contributed by atoms with van der Waals surface area (Å²) in [5, 5.41) is 2.80. The zero-order chi connectivity index (χ0) is 23.0. The minimum absolute atomic E-state index is 0.0339. The van der Waals surface area contributed by atoms with Crippen LogP contribution in [0.3, 0.4) is 0 Å². The second-order valence-corrected chi connectivity index (χ2v) is 8.27. The van der Waals surface area contributed by atoms with E-state index in [-0.39, 0.29) is 17.7 Å². The molecule has 8 nitrogen and oxygen atoms in total. The number of carbonyl (C=O) groups is 2. The number of ketones is 1. The molecule has 1 N–H and O–H groups in total. The Labute approximate surface area is 185 Å². The number of hydrogen-bond donors (Lipinski definition) is 1. The molecule has 0 aliphatic carbocycles. The van der Waals surface area contributed by atoms with Crippen molar-refractivity contribution in [3.05, 3.63) is 58.6 Å². The molecule has 10 heteroatoms. The SMILES string of the molecule is C#CCOc1ccc(C(=O)CNC(=O)C(OS(C)(=O)=O)c2ccc(Cl)cc2)cc1OC. The highest BCUT2D eigenvalue weighted by molar-refractivity contribution is 7.86. The topological polar surface area (TPSA) is 108 Å². The van der Waals surface area contributed by atoms with Crippen LogP contribution in [0.5, 0.6) is 11.5 Å². The smallest absolute Gasteiger partial charge is 0.265 e. The van der Waals surface area contributed by atoms with Crippen molar-refractivity contribution in [2.75, 3.05) is 26.5 Å². The number of halogens is 1. The van der Waals surface area contributed by atoms with Gasteiger partial charge in [0.2, 0.25) is 0 Å². The molecule has 1 unspecified atom stereocenters. The van der Waals surface area contributed by atoms with Crippen LogP contribution >= 0.6 is 11.6 Å². The molecule has 0 bridgehead atoms. The van der Waals surface area contributed by atoms with Crippen LogP contribution in [0.25, 0.3) is 0 Å². The maximum Gasteiger partial charge on any atom is 0.265 e. The standard InChI is InChI=1S/C21H20ClNO7S/c1-4-11-29-18-10-7-15(12-19(18)28-2)17(24)13-23-21(25)20(30-31(3,26)27)14-5-8-16(22)9-6-14/h1,5-10,12,20H,11,13H2,2-3H3,(H,23,25). The Morgan fingerprint density at radius 2 is 1.84 bits per heavy atom. The van der Waals surface area contributed by atoms with Crippen molar-refractivity contribution in [2.45, 2.75) is 6.10 Å². The molecule has 2 aromatic rings. The van der Waals surface area contributed by atoms with Gasteiger partial charge in [0.05, 0.1) is 19.9 Å². The molecule has 31 heavy (non-hydrogen) atoms. The van der Waals surface area contributed by atoms with Crippen molar-refractivity contribution in [1.82, 2.24) is 5.32 Å². The number of nitrogens with one attached hydrogen (secondary N) is 1. The summed E-state index contributed by atoms with van der Waals surface area (Å²) in [4.78, 5) is 25.1. The number of ether oxygens (including phenoxy) is 2. The highest BCUT2D eigenvalue weighted by atomic mass is 35.5. The van der Waals surface area contributed by atoms with Gasteiger partial charge in [-0.15, -0.1) is 6.42 Å². The van der Waals surface area contributed by atoms with Crippen LogP contribution in [0.2, 0.25) is 5.02 Å². The zero-order valence-corrected chi connectivity index (χ0v) is 18.3. The summed E-state index contributed by atoms with van der Waals surface area (Å²) in [6.07, 6.45) is 4.51. The van der Waals surface area contributed by atoms with Gasteiger partial charge in [0, 0.05) is 10.6 Å². The Kier molecular flexibility index (Phi) is 8.45. The van der Waals surface area contributed by atoms with E-state index in [2.05, 4.69) is 11.2 Å². The molecular formula is C21H20ClNO7S. The van der Waals surface area contributed by atoms with Crippen LogP contribution < -0.4 is 14.8 Å². The molecule has 0 fully saturated rings. The highest BCUT2D eigenvalue weighted by Crippen LogP contribution is 2.28. The molecule has 2 rings (SSSR count). The molecule has 0 radical (unpaired) electrons. The summed E-state index contributed by atoms with van der Waals surface area (Å²) in [5.74, 6) is 1.75. The molecule has 0 aliphatic rings. The lowest BCUT2D eigenvalue weighted by Gasteiger charge is -2.16. The lowest BCUT2D eigenvalue weighted by molar-refractivity contribution is -0.127. The van der Waals surface area contributed by atoms with Crippen molar-refractivity contribution >= 4 is 33.4 Å². The van der Waals surface area contributed by atoms with Crippen LogP contribution in [0.15, 0.2) is 42.5 Å². The first-order valence-electron chi connectivity index (χ1n) is 8.83. The lowest BCUT2D eigenvalue weighted by Crippen LogP contribution is -2.35. The van der Waals surface area contributed by atoms with Crippen molar-refractivity contribution in [2.24, 2.45) is 0 Å². The van der Waals surface area contributed by atoms with Gasteiger partial charge < -0.3 is 14.8 Å². The van der Waals surface area contributed by atoms with E-state index in [9.17, 15) is 18.0 Å². The van der Waals surface area contributed by atoms with Gasteiger partial charge in [0.25, 0.3) is 16.0 Å². The fourth-order valence-electron chi connectivity index (χ4n) is 2.50. The van der Waals surface area contributed by atoms with Gasteiger partial charge in [-0.25, -0.2) is 0 Å². The lowest BCUT2D eigenvalue weighted by atomic mass is 10.1. The quantitative estimate of drug-likeness (QED) is 0.326. The number of benzene rings is 2. The molecule has 0 heterocycles. The van der Waals surface area contributed by atoms with Crippen LogP contribution in [0.4, 0.5) is 0 Å². The second kappa shape index (κ2) is 10.8. The number of rotatable bonds is 10. The number of carbonyl (C=O) groups excluding carboxylic acids is 2. The van der Waals surface area contributed by atoms with E-state index >= 15 is 0 Å². The van der Waals surface area contributed by atoms with Crippen molar-refractivity contribution in [3.8, 4) is 23.8 Å². The number of amides is 1. The molecule has 0 saturated carbocycles. The Morgan fingerprint density at radius 1 is 1.16 bits per heavy atom. The second-order valence-electron chi connectivity index (χ2n) is 6.23. The van der Waals surface area contributed by atoms with E-state index in [4.69, 9.17) is 31.7 Å². The first-order valence-corrected chi connectivity index (χ1v) is 11.0. The third-order valence-electron chi connectivity index (χ3n) is 3.90. The summed E-state index contributed by atoms with van der Waals surface area (Å²) < 4.78 is 38.6. The normalized spacial score (nSPS) is 11.8. The maximum atomic E-state index is 12.6. The van der Waals surface area contributed by atoms with E-state index in [1.807, 2.05) is 0 Å². The van der Waals surface area contributed by atoms with Crippen LogP contribution in [0.1, 0.15) is 22.0 Å². The third-order valence-corrected chi connectivity index (χ3v) is 4.70. The maximum absolute atomic E-state index is 12.6. The number of terminal acetylenes is 1. The fourth-order valence-corrected chi connectivity index (χ4v) is 3.18. The molecule has 0 spiro atoms. The van der Waals surface area contributed by atoms with Crippen LogP contribution in [0, 0.1) is 12.3 Å². The molecule has 0 aromatic heterocycles. The number of hydrogen-bond acceptors (Lipinski definition) is 7. The molecule has 0 aliphatic heterocycles.